The normalized spacial score (nSPS) is 10.2. The number of carbonyl (C=O) groups is 1. The van der Waals surface area contributed by atoms with Crippen LogP contribution in [0.5, 0.6) is 0 Å². The molecule has 3 nitrogen and oxygen atoms in total. The first kappa shape index (κ1) is 11.3. The molecule has 0 saturated heterocycles. The summed E-state index contributed by atoms with van der Waals surface area (Å²) >= 11 is 0. The van der Waals surface area contributed by atoms with Gasteiger partial charge in [-0.15, -0.1) is 0 Å². The minimum Gasteiger partial charge on any atom is -0.478 e. The van der Waals surface area contributed by atoms with Gasteiger partial charge in [-0.05, 0) is 41.8 Å². The Morgan fingerprint density at radius 2 is 2.06 bits per heavy atom. The second-order valence-electron chi connectivity index (χ2n) is 3.69. The van der Waals surface area contributed by atoms with E-state index in [1.54, 1.807) is 19.1 Å². The Balaban J connectivity index is 2.68. The van der Waals surface area contributed by atoms with Crippen LogP contribution in [0.25, 0.3) is 11.1 Å². The van der Waals surface area contributed by atoms with Gasteiger partial charge in [0.15, 0.2) is 0 Å². The van der Waals surface area contributed by atoms with Gasteiger partial charge in [0.25, 0.3) is 0 Å². The summed E-state index contributed by atoms with van der Waals surface area (Å²) in [6.07, 6.45) is 2.76. The maximum atomic E-state index is 13.2. The Kier molecular flexibility index (Phi) is 2.87. The Bertz CT molecular complexity index is 581. The van der Waals surface area contributed by atoms with E-state index in [1.807, 2.05) is 0 Å². The summed E-state index contributed by atoms with van der Waals surface area (Å²) in [4.78, 5) is 14.8. The summed E-state index contributed by atoms with van der Waals surface area (Å²) in [6.45, 7) is 1.81. The molecular formula is C13H10FNO2. The molecule has 0 radical (unpaired) electrons. The average Bonchev–Trinajstić information content (AvgIpc) is 2.32. The van der Waals surface area contributed by atoms with E-state index in [0.29, 0.717) is 11.1 Å². The fraction of sp³-hybridized carbons (Fsp3) is 0.0769. The number of hydrogen-bond donors (Lipinski definition) is 1. The Labute approximate surface area is 97.6 Å². The summed E-state index contributed by atoms with van der Waals surface area (Å²) < 4.78 is 13.2. The van der Waals surface area contributed by atoms with Gasteiger partial charge in [-0.1, -0.05) is 6.07 Å². The van der Waals surface area contributed by atoms with Crippen molar-refractivity contribution < 1.29 is 14.3 Å². The molecule has 2 rings (SSSR count). The minimum atomic E-state index is -1.07. The molecule has 4 heteroatoms. The van der Waals surface area contributed by atoms with E-state index in [9.17, 15) is 9.18 Å². The average molecular weight is 231 g/mol. The molecular weight excluding hydrogens is 221 g/mol. The van der Waals surface area contributed by atoms with Crippen LogP contribution in [0.2, 0.25) is 0 Å². The van der Waals surface area contributed by atoms with Crippen molar-refractivity contribution in [3.63, 3.8) is 0 Å². The molecule has 1 heterocycles. The summed E-state index contributed by atoms with van der Waals surface area (Å²) in [5, 5.41) is 9.05. The maximum Gasteiger partial charge on any atom is 0.337 e. The molecule has 2 aromatic rings. The lowest BCUT2D eigenvalue weighted by Gasteiger charge is -2.08. The number of hydrogen-bond acceptors (Lipinski definition) is 2. The van der Waals surface area contributed by atoms with Gasteiger partial charge in [-0.2, -0.15) is 0 Å². The van der Waals surface area contributed by atoms with Crippen LogP contribution in [-0.4, -0.2) is 16.1 Å². The van der Waals surface area contributed by atoms with Crippen molar-refractivity contribution >= 4 is 5.97 Å². The molecule has 0 saturated carbocycles. The quantitative estimate of drug-likeness (QED) is 0.864. The van der Waals surface area contributed by atoms with Crippen molar-refractivity contribution in [1.82, 2.24) is 4.98 Å². The van der Waals surface area contributed by atoms with Crippen molar-refractivity contribution in [2.75, 3.05) is 0 Å². The zero-order valence-electron chi connectivity index (χ0n) is 9.14. The SMILES string of the molecule is Cc1ccc(F)cc1-c1ccncc1C(=O)O. The summed E-state index contributed by atoms with van der Waals surface area (Å²) in [5.74, 6) is -1.46. The van der Waals surface area contributed by atoms with Gasteiger partial charge < -0.3 is 5.11 Å². The first-order valence-electron chi connectivity index (χ1n) is 5.03. The third-order valence-corrected chi connectivity index (χ3v) is 2.54. The predicted molar refractivity (Wildman–Crippen MR) is 61.3 cm³/mol. The molecule has 1 aromatic heterocycles. The number of carboxylic acids is 1. The number of benzene rings is 1. The van der Waals surface area contributed by atoms with E-state index in [1.165, 1.54) is 24.5 Å². The number of rotatable bonds is 2. The van der Waals surface area contributed by atoms with Gasteiger partial charge in [-0.3, -0.25) is 4.98 Å². The first-order chi connectivity index (χ1) is 8.09. The standard InChI is InChI=1S/C13H10FNO2/c1-8-2-3-9(14)6-11(8)10-4-5-15-7-12(10)13(16)17/h2-7H,1H3,(H,16,17). The lowest BCUT2D eigenvalue weighted by atomic mass is 9.97. The topological polar surface area (TPSA) is 50.2 Å². The van der Waals surface area contributed by atoms with E-state index < -0.39 is 11.8 Å². The smallest absolute Gasteiger partial charge is 0.337 e. The number of halogens is 1. The highest BCUT2D eigenvalue weighted by molar-refractivity contribution is 5.96. The van der Waals surface area contributed by atoms with Crippen LogP contribution in [-0.2, 0) is 0 Å². The highest BCUT2D eigenvalue weighted by Crippen LogP contribution is 2.27. The van der Waals surface area contributed by atoms with Crippen LogP contribution < -0.4 is 0 Å². The van der Waals surface area contributed by atoms with Gasteiger partial charge in [0, 0.05) is 12.4 Å². The summed E-state index contributed by atoms with van der Waals surface area (Å²) in [7, 11) is 0. The van der Waals surface area contributed by atoms with E-state index in [-0.39, 0.29) is 5.56 Å². The Morgan fingerprint density at radius 1 is 1.29 bits per heavy atom. The summed E-state index contributed by atoms with van der Waals surface area (Å²) in [5.41, 5.74) is 1.94. The molecule has 0 amide bonds. The molecule has 86 valence electrons. The molecule has 0 aliphatic rings. The van der Waals surface area contributed by atoms with Gasteiger partial charge in [0.2, 0.25) is 0 Å². The van der Waals surface area contributed by atoms with Crippen LogP contribution >= 0.6 is 0 Å². The molecule has 0 fully saturated rings. The second-order valence-corrected chi connectivity index (χ2v) is 3.69. The van der Waals surface area contributed by atoms with Gasteiger partial charge >= 0.3 is 5.97 Å². The molecule has 0 unspecified atom stereocenters. The highest BCUT2D eigenvalue weighted by atomic mass is 19.1. The molecule has 17 heavy (non-hydrogen) atoms. The molecule has 1 N–H and O–H groups in total. The van der Waals surface area contributed by atoms with Crippen LogP contribution in [0, 0.1) is 12.7 Å². The lowest BCUT2D eigenvalue weighted by molar-refractivity contribution is 0.0697. The fourth-order valence-corrected chi connectivity index (χ4v) is 1.68. The minimum absolute atomic E-state index is 0.0706. The van der Waals surface area contributed by atoms with E-state index in [2.05, 4.69) is 4.98 Å². The van der Waals surface area contributed by atoms with Gasteiger partial charge in [-0.25, -0.2) is 9.18 Å². The number of aryl methyl sites for hydroxylation is 1. The molecule has 0 aliphatic heterocycles. The van der Waals surface area contributed by atoms with Gasteiger partial charge in [0.05, 0.1) is 5.56 Å². The monoisotopic (exact) mass is 231 g/mol. The predicted octanol–water partition coefficient (Wildman–Crippen LogP) is 2.89. The molecule has 0 aliphatic carbocycles. The number of carboxylic acid groups (broad SMARTS) is 1. The first-order valence-corrected chi connectivity index (χ1v) is 5.03. The second kappa shape index (κ2) is 4.33. The largest absolute Gasteiger partial charge is 0.478 e. The van der Waals surface area contributed by atoms with Crippen molar-refractivity contribution in [1.29, 1.82) is 0 Å². The highest BCUT2D eigenvalue weighted by Gasteiger charge is 2.13. The number of nitrogens with zero attached hydrogens (tertiary/aromatic N) is 1. The molecule has 1 aromatic carbocycles. The summed E-state index contributed by atoms with van der Waals surface area (Å²) in [6, 6.07) is 5.87. The van der Waals surface area contributed by atoms with Crippen molar-refractivity contribution in [3.05, 3.63) is 53.6 Å². The number of pyridine rings is 1. The number of aromatic carboxylic acids is 1. The number of aromatic nitrogens is 1. The van der Waals surface area contributed by atoms with Crippen molar-refractivity contribution in [2.45, 2.75) is 6.92 Å². The third-order valence-electron chi connectivity index (χ3n) is 2.54. The van der Waals surface area contributed by atoms with E-state index >= 15 is 0 Å². The molecule has 0 bridgehead atoms. The lowest BCUT2D eigenvalue weighted by Crippen LogP contribution is -2.01. The van der Waals surface area contributed by atoms with Crippen LogP contribution in [0.4, 0.5) is 4.39 Å². The zero-order valence-corrected chi connectivity index (χ0v) is 9.14. The van der Waals surface area contributed by atoms with Crippen molar-refractivity contribution in [2.24, 2.45) is 0 Å². The van der Waals surface area contributed by atoms with E-state index in [4.69, 9.17) is 5.11 Å². The maximum absolute atomic E-state index is 13.2. The van der Waals surface area contributed by atoms with Crippen molar-refractivity contribution in [3.8, 4) is 11.1 Å². The van der Waals surface area contributed by atoms with Gasteiger partial charge in [0.1, 0.15) is 5.82 Å². The molecule has 0 atom stereocenters. The molecule has 0 spiro atoms. The van der Waals surface area contributed by atoms with Crippen LogP contribution in [0.1, 0.15) is 15.9 Å². The Hall–Kier alpha value is -2.23. The van der Waals surface area contributed by atoms with Crippen LogP contribution in [0.15, 0.2) is 36.7 Å². The Morgan fingerprint density at radius 3 is 2.76 bits per heavy atom. The third kappa shape index (κ3) is 2.15. The van der Waals surface area contributed by atoms with E-state index in [0.717, 1.165) is 5.56 Å². The zero-order chi connectivity index (χ0) is 12.4. The van der Waals surface area contributed by atoms with Crippen LogP contribution in [0.3, 0.4) is 0 Å². The fourth-order valence-electron chi connectivity index (χ4n) is 1.68.